The van der Waals surface area contributed by atoms with Crippen molar-refractivity contribution < 1.29 is 59.3 Å². The molecule has 0 aliphatic carbocycles. The van der Waals surface area contributed by atoms with Gasteiger partial charge in [-0.1, -0.05) is 120 Å². The number of hydrogen-bond donors (Lipinski definition) is 2. The molecule has 2 N–H and O–H groups in total. The van der Waals surface area contributed by atoms with E-state index in [1.54, 1.807) is 0 Å². The van der Waals surface area contributed by atoms with Gasteiger partial charge in [-0.05, 0) is 136 Å². The Hall–Kier alpha value is -10.5. The van der Waals surface area contributed by atoms with Crippen LogP contribution in [0.15, 0.2) is 294 Å². The predicted molar refractivity (Wildman–Crippen MR) is 391 cm³/mol. The first kappa shape index (κ1) is 74.9. The molecule has 1 radical (unpaired) electrons. The molecule has 10 nitrogen and oxygen atoms in total. The van der Waals surface area contributed by atoms with Gasteiger partial charge in [0, 0.05) is 91.2 Å². The zero-order chi connectivity index (χ0) is 67.4. The van der Waals surface area contributed by atoms with Gasteiger partial charge in [0.1, 0.15) is 16.7 Å². The Morgan fingerprint density at radius 3 is 1.01 bits per heavy atom. The summed E-state index contributed by atoms with van der Waals surface area (Å²) >= 11 is 0. The molecule has 8 heterocycles. The minimum Gasteiger partial charge on any atom is -0.501 e. The van der Waals surface area contributed by atoms with Crippen molar-refractivity contribution >= 4 is 43.9 Å². The van der Waals surface area contributed by atoms with Crippen LogP contribution >= 0.6 is 0 Å². The topological polar surface area (TPSA) is 144 Å². The van der Waals surface area contributed by atoms with Gasteiger partial charge >= 0.3 is 20.1 Å². The minimum absolute atomic E-state index is 0. The molecule has 16 aromatic rings. The number of pyridine rings is 6. The number of fused-ring (bicyclic) bond motifs is 6. The first-order chi connectivity index (χ1) is 47.1. The second-order valence-electron chi connectivity index (χ2n) is 21.7. The molecule has 16 rings (SSSR count). The fraction of sp³-hybridized carbons (Fsp3) is 0.0930. The van der Waals surface area contributed by atoms with Gasteiger partial charge in [-0.2, -0.15) is 0 Å². The number of rotatable bonds is 6. The van der Waals surface area contributed by atoms with Gasteiger partial charge in [-0.3, -0.25) is 4.98 Å². The first-order valence-corrected chi connectivity index (χ1v) is 31.2. The van der Waals surface area contributed by atoms with Crippen molar-refractivity contribution in [1.29, 1.82) is 0 Å². The Balaban J connectivity index is 0.000000165. The summed E-state index contributed by atoms with van der Waals surface area (Å²) in [4.78, 5) is 26.6. The number of aryl methyl sites for hydroxylation is 6. The molecule has 0 bridgehead atoms. The first-order valence-electron chi connectivity index (χ1n) is 31.2. The molecule has 12 heteroatoms. The smallest absolute Gasteiger partial charge is 0.501 e. The Morgan fingerprint density at radius 2 is 0.633 bits per heavy atom. The molecule has 0 saturated heterocycles. The van der Waals surface area contributed by atoms with Crippen molar-refractivity contribution in [3.8, 4) is 67.5 Å². The van der Waals surface area contributed by atoms with Gasteiger partial charge in [0.2, 0.25) is 0 Å². The quantitative estimate of drug-likeness (QED) is 0.154. The van der Waals surface area contributed by atoms with Crippen LogP contribution < -0.4 is 0 Å². The Kier molecular flexibility index (Phi) is 29.7. The van der Waals surface area contributed by atoms with Crippen LogP contribution in [0.1, 0.15) is 33.9 Å². The zero-order valence-corrected chi connectivity index (χ0v) is 60.5. The second-order valence-corrected chi connectivity index (χ2v) is 21.7. The van der Waals surface area contributed by atoms with Crippen LogP contribution in [0.3, 0.4) is 0 Å². The number of furan rings is 2. The molecular weight excluding hydrogens is 1570 g/mol. The number of benzene rings is 8. The Labute approximate surface area is 601 Å². The molecule has 0 aliphatic heterocycles. The number of nitrogens with zero attached hydrogens (tertiary/aromatic N) is 6. The van der Waals surface area contributed by atoms with Crippen LogP contribution in [0.4, 0.5) is 0 Å². The molecule has 0 atom stereocenters. The van der Waals surface area contributed by atoms with Crippen molar-refractivity contribution in [2.75, 3.05) is 14.2 Å². The van der Waals surface area contributed by atoms with Crippen LogP contribution in [0.2, 0.25) is 0 Å². The number of aliphatic hydroxyl groups is 2. The SMILES string of the molecule is CO.CO.Cc1cccc(-c2[c-]cccc2)n1.Cc1cccc(-c2[c-]cccc2)n1.Cc1cccc(-c2[c-]cccc2)n1.Cc1cccc(-c2[c-]cccc2)n1.Cc1ccnc(-c2[c-]ccc3c2oc2ccccc23)c1.Cc1ccnc(-c2cccc3c2oc2ccccc23)c1.[Ir+3].[Ir]. The van der Waals surface area contributed by atoms with Crippen LogP contribution in [-0.4, -0.2) is 54.3 Å². The van der Waals surface area contributed by atoms with E-state index in [4.69, 9.17) is 19.0 Å². The maximum absolute atomic E-state index is 7.00. The van der Waals surface area contributed by atoms with Gasteiger partial charge in [0.25, 0.3) is 0 Å². The van der Waals surface area contributed by atoms with Gasteiger partial charge < -0.3 is 44.0 Å². The van der Waals surface area contributed by atoms with Gasteiger partial charge in [0.05, 0.1) is 11.3 Å². The molecule has 8 aromatic carbocycles. The molecule has 98 heavy (non-hydrogen) atoms. The van der Waals surface area contributed by atoms with E-state index >= 15 is 0 Å². The average molecular weight is 1640 g/mol. The van der Waals surface area contributed by atoms with Crippen molar-refractivity contribution in [3.05, 3.63) is 350 Å². The molecule has 0 spiro atoms. The predicted octanol–water partition coefficient (Wildman–Crippen LogP) is 20.4. The summed E-state index contributed by atoms with van der Waals surface area (Å²) in [5.74, 6) is 0. The molecule has 0 saturated carbocycles. The largest absolute Gasteiger partial charge is 3.00 e. The van der Waals surface area contributed by atoms with E-state index in [1.807, 2.05) is 271 Å². The standard InChI is InChI=1S/C18H13NO.C18H12NO.4C12H10N.2CH4O.2Ir/c2*1-12-9-10-19-16(11-12)15-7-4-6-14-13-5-2-3-8-17(13)20-18(14)15;4*1-10-6-5-9-12(13-10)11-7-3-2-4-8-11;2*1-2;;/h2-11H,1H3;2-6,8-11H,1H3;4*2-7,9H,1H3;2*2H,1H3;;/q;5*-1;;;;+3. The van der Waals surface area contributed by atoms with E-state index in [9.17, 15) is 0 Å². The van der Waals surface area contributed by atoms with Gasteiger partial charge in [-0.25, -0.2) is 0 Å². The Bertz CT molecular complexity index is 4550. The zero-order valence-electron chi connectivity index (χ0n) is 55.7. The normalized spacial score (nSPS) is 9.98. The third kappa shape index (κ3) is 20.7. The third-order valence-corrected chi connectivity index (χ3v) is 14.6. The Morgan fingerprint density at radius 1 is 0.296 bits per heavy atom. The minimum atomic E-state index is 0. The summed E-state index contributed by atoms with van der Waals surface area (Å²) in [7, 11) is 2.00. The van der Waals surface area contributed by atoms with Crippen LogP contribution in [0.25, 0.3) is 111 Å². The second kappa shape index (κ2) is 38.9. The summed E-state index contributed by atoms with van der Waals surface area (Å²) in [5, 5.41) is 18.5. The van der Waals surface area contributed by atoms with Gasteiger partial charge in [0.15, 0.2) is 0 Å². The van der Waals surface area contributed by atoms with Gasteiger partial charge in [-0.15, -0.1) is 162 Å². The number of hydrogen-bond acceptors (Lipinski definition) is 10. The molecule has 0 aliphatic rings. The summed E-state index contributed by atoms with van der Waals surface area (Å²) in [6.45, 7) is 12.1. The monoisotopic (exact) mass is 1640 g/mol. The third-order valence-electron chi connectivity index (χ3n) is 14.6. The molecule has 8 aromatic heterocycles. The van der Waals surface area contributed by atoms with E-state index in [1.165, 1.54) is 11.1 Å². The molecule has 0 amide bonds. The number of aromatic nitrogens is 6. The van der Waals surface area contributed by atoms with Crippen LogP contribution in [0, 0.1) is 71.9 Å². The molecule has 0 unspecified atom stereocenters. The van der Waals surface area contributed by atoms with E-state index in [-0.39, 0.29) is 40.2 Å². The van der Waals surface area contributed by atoms with Crippen LogP contribution in [0.5, 0.6) is 0 Å². The molecule has 491 valence electrons. The fourth-order valence-electron chi connectivity index (χ4n) is 10.2. The molecular formula is C86H73Ir2N6O4-2. The molecule has 0 fully saturated rings. The average Bonchev–Trinajstić information content (AvgIpc) is 1.60. The van der Waals surface area contributed by atoms with E-state index in [2.05, 4.69) is 117 Å². The summed E-state index contributed by atoms with van der Waals surface area (Å²) in [6, 6.07) is 106. The van der Waals surface area contributed by atoms with Crippen molar-refractivity contribution in [1.82, 2.24) is 29.9 Å². The van der Waals surface area contributed by atoms with E-state index in [0.717, 1.165) is 148 Å². The maximum atomic E-state index is 7.00. The van der Waals surface area contributed by atoms with Crippen molar-refractivity contribution in [3.63, 3.8) is 0 Å². The fourth-order valence-corrected chi connectivity index (χ4v) is 10.2. The van der Waals surface area contributed by atoms with Crippen molar-refractivity contribution in [2.24, 2.45) is 0 Å². The summed E-state index contributed by atoms with van der Waals surface area (Å²) in [5.41, 5.74) is 22.1. The number of aliphatic hydroxyl groups excluding tert-OH is 2. The van der Waals surface area contributed by atoms with Crippen LogP contribution in [-0.2, 0) is 40.2 Å². The van der Waals surface area contributed by atoms with E-state index in [0.29, 0.717) is 0 Å². The maximum Gasteiger partial charge on any atom is 3.00 e. The summed E-state index contributed by atoms with van der Waals surface area (Å²) < 4.78 is 12.0. The van der Waals surface area contributed by atoms with E-state index < -0.39 is 0 Å². The van der Waals surface area contributed by atoms with Crippen molar-refractivity contribution in [2.45, 2.75) is 41.5 Å². The summed E-state index contributed by atoms with van der Waals surface area (Å²) in [6.07, 6.45) is 3.66. The number of para-hydroxylation sites is 3.